The van der Waals surface area contributed by atoms with Gasteiger partial charge in [-0.25, -0.2) is 8.42 Å². The zero-order valence-corrected chi connectivity index (χ0v) is 11.3. The summed E-state index contributed by atoms with van der Waals surface area (Å²) < 4.78 is 28.8. The van der Waals surface area contributed by atoms with Crippen molar-refractivity contribution >= 4 is 21.4 Å². The number of nitrogens with zero attached hydrogens (tertiary/aromatic N) is 1. The quantitative estimate of drug-likeness (QED) is 0.866. The normalized spacial score (nSPS) is 11.7. The van der Waals surface area contributed by atoms with Crippen molar-refractivity contribution in [1.29, 1.82) is 0 Å². The molecule has 1 aromatic carbocycles. The number of hydrogen-bond donors (Lipinski definition) is 0. The van der Waals surface area contributed by atoms with Gasteiger partial charge in [0.05, 0.1) is 17.2 Å². The second-order valence-corrected chi connectivity index (χ2v) is 6.52. The second kappa shape index (κ2) is 5.12. The molecule has 2 rings (SSSR count). The minimum absolute atomic E-state index is 0.0986. The zero-order chi connectivity index (χ0) is 13.2. The van der Waals surface area contributed by atoms with Crippen LogP contribution in [0, 0.1) is 6.92 Å². The monoisotopic (exact) mass is 285 g/mol. The molecule has 4 nitrogen and oxygen atoms in total. The van der Waals surface area contributed by atoms with E-state index in [2.05, 4.69) is 5.16 Å². The average Bonchev–Trinajstić information content (AvgIpc) is 2.66. The van der Waals surface area contributed by atoms with Gasteiger partial charge in [0, 0.05) is 11.1 Å². The van der Waals surface area contributed by atoms with Crippen LogP contribution in [0.1, 0.15) is 17.0 Å². The number of sulfone groups is 1. The highest BCUT2D eigenvalue weighted by Gasteiger charge is 2.17. The van der Waals surface area contributed by atoms with Gasteiger partial charge in [0.25, 0.3) is 0 Å². The predicted molar refractivity (Wildman–Crippen MR) is 69.0 cm³/mol. The maximum Gasteiger partial charge on any atom is 0.160 e. The van der Waals surface area contributed by atoms with Crippen LogP contribution < -0.4 is 0 Å². The fraction of sp³-hybridized carbons (Fsp3) is 0.250. The third-order valence-corrected chi connectivity index (χ3v) is 4.23. The van der Waals surface area contributed by atoms with E-state index < -0.39 is 9.84 Å². The maximum atomic E-state index is 12.0. The molecule has 0 aliphatic heterocycles. The minimum Gasteiger partial charge on any atom is -0.361 e. The zero-order valence-electron chi connectivity index (χ0n) is 9.76. The van der Waals surface area contributed by atoms with Crippen LogP contribution in [-0.4, -0.2) is 13.6 Å². The predicted octanol–water partition coefficient (Wildman–Crippen LogP) is 2.75. The second-order valence-electron chi connectivity index (χ2n) is 4.05. The number of rotatable bonds is 4. The number of aryl methyl sites for hydroxylation is 1. The van der Waals surface area contributed by atoms with Crippen LogP contribution in [-0.2, 0) is 21.3 Å². The molecular formula is C12H12ClNO3S. The molecule has 1 aromatic heterocycles. The van der Waals surface area contributed by atoms with Crippen molar-refractivity contribution in [1.82, 2.24) is 5.16 Å². The van der Waals surface area contributed by atoms with Crippen molar-refractivity contribution in [2.24, 2.45) is 0 Å². The topological polar surface area (TPSA) is 60.2 Å². The summed E-state index contributed by atoms with van der Waals surface area (Å²) in [5.41, 5.74) is 1.01. The summed E-state index contributed by atoms with van der Waals surface area (Å²) >= 11 is 5.94. The number of halogens is 1. The highest BCUT2D eigenvalue weighted by atomic mass is 35.5. The van der Waals surface area contributed by atoms with Gasteiger partial charge in [-0.05, 0) is 18.6 Å². The summed E-state index contributed by atoms with van der Waals surface area (Å²) in [6.07, 6.45) is 0. The summed E-state index contributed by atoms with van der Waals surface area (Å²) in [6, 6.07) is 8.52. The van der Waals surface area contributed by atoms with Crippen LogP contribution in [0.15, 0.2) is 34.9 Å². The van der Waals surface area contributed by atoms with E-state index in [9.17, 15) is 8.42 Å². The number of hydrogen-bond acceptors (Lipinski definition) is 4. The molecule has 0 spiro atoms. The summed E-state index contributed by atoms with van der Waals surface area (Å²) in [4.78, 5) is 0. The molecule has 18 heavy (non-hydrogen) atoms. The lowest BCUT2D eigenvalue weighted by atomic mass is 10.2. The average molecular weight is 286 g/mol. The van der Waals surface area contributed by atoms with Gasteiger partial charge in [-0.15, -0.1) is 0 Å². The fourth-order valence-electron chi connectivity index (χ4n) is 1.61. The Labute approximate surface area is 110 Å². The molecule has 0 radical (unpaired) electrons. The highest BCUT2D eigenvalue weighted by Crippen LogP contribution is 2.19. The van der Waals surface area contributed by atoms with Crippen molar-refractivity contribution in [3.05, 3.63) is 52.4 Å². The van der Waals surface area contributed by atoms with Gasteiger partial charge in [0.2, 0.25) is 0 Å². The van der Waals surface area contributed by atoms with Crippen LogP contribution in [0.3, 0.4) is 0 Å². The summed E-state index contributed by atoms with van der Waals surface area (Å²) in [6.45, 7) is 1.72. The smallest absolute Gasteiger partial charge is 0.160 e. The van der Waals surface area contributed by atoms with Crippen LogP contribution in [0.5, 0.6) is 0 Å². The lowest BCUT2D eigenvalue weighted by molar-refractivity contribution is 0.392. The van der Waals surface area contributed by atoms with Crippen molar-refractivity contribution in [2.45, 2.75) is 18.4 Å². The molecule has 6 heteroatoms. The molecule has 0 unspecified atom stereocenters. The summed E-state index contributed by atoms with van der Waals surface area (Å²) in [5, 5.41) is 4.13. The summed E-state index contributed by atoms with van der Waals surface area (Å²) in [5.74, 6) is 0.353. The van der Waals surface area contributed by atoms with E-state index in [4.69, 9.17) is 16.1 Å². The minimum atomic E-state index is -3.30. The molecule has 0 aliphatic rings. The third kappa shape index (κ3) is 3.34. The Kier molecular flexibility index (Phi) is 3.73. The van der Waals surface area contributed by atoms with Gasteiger partial charge >= 0.3 is 0 Å². The molecule has 96 valence electrons. The first-order valence-electron chi connectivity index (χ1n) is 5.32. The third-order valence-electron chi connectivity index (χ3n) is 2.38. The molecule has 0 atom stereocenters. The Morgan fingerprint density at radius 2 is 2.00 bits per heavy atom. The van der Waals surface area contributed by atoms with Gasteiger partial charge in [-0.1, -0.05) is 35.0 Å². The molecular weight excluding hydrogens is 274 g/mol. The molecule has 2 aromatic rings. The fourth-order valence-corrected chi connectivity index (χ4v) is 3.31. The van der Waals surface area contributed by atoms with Crippen LogP contribution in [0.25, 0.3) is 0 Å². The first kappa shape index (κ1) is 13.1. The molecule has 0 aliphatic carbocycles. The van der Waals surface area contributed by atoms with Crippen molar-refractivity contribution < 1.29 is 12.9 Å². The largest absolute Gasteiger partial charge is 0.361 e. The van der Waals surface area contributed by atoms with Gasteiger partial charge in [0.15, 0.2) is 9.84 Å². The van der Waals surface area contributed by atoms with E-state index >= 15 is 0 Å². The molecule has 0 fully saturated rings. The van der Waals surface area contributed by atoms with Gasteiger partial charge in [-0.3, -0.25) is 0 Å². The first-order chi connectivity index (χ1) is 8.46. The lowest BCUT2D eigenvalue weighted by Gasteiger charge is -2.04. The summed E-state index contributed by atoms with van der Waals surface area (Å²) in [7, 11) is -3.30. The van der Waals surface area contributed by atoms with E-state index in [0.717, 1.165) is 0 Å². The molecule has 0 saturated carbocycles. The van der Waals surface area contributed by atoms with E-state index in [-0.39, 0.29) is 11.5 Å². The van der Waals surface area contributed by atoms with E-state index in [0.29, 0.717) is 22.0 Å². The van der Waals surface area contributed by atoms with E-state index in [1.165, 1.54) is 0 Å². The van der Waals surface area contributed by atoms with Crippen molar-refractivity contribution in [2.75, 3.05) is 0 Å². The van der Waals surface area contributed by atoms with Crippen molar-refractivity contribution in [3.63, 3.8) is 0 Å². The first-order valence-corrected chi connectivity index (χ1v) is 7.52. The standard InChI is InChI=1S/C12H12ClNO3S/c1-9-6-11(14-17-9)8-18(15,16)7-10-4-2-3-5-12(10)13/h2-6H,7-8H2,1H3. The maximum absolute atomic E-state index is 12.0. The Balaban J connectivity index is 2.15. The Morgan fingerprint density at radius 1 is 1.28 bits per heavy atom. The highest BCUT2D eigenvalue weighted by molar-refractivity contribution is 7.89. The van der Waals surface area contributed by atoms with E-state index in [1.807, 2.05) is 0 Å². The number of aromatic nitrogens is 1. The van der Waals surface area contributed by atoms with Crippen LogP contribution in [0.2, 0.25) is 5.02 Å². The Hall–Kier alpha value is -1.33. The van der Waals surface area contributed by atoms with E-state index in [1.54, 1.807) is 37.3 Å². The van der Waals surface area contributed by atoms with Gasteiger partial charge in [0.1, 0.15) is 5.76 Å². The molecule has 1 heterocycles. The SMILES string of the molecule is Cc1cc(CS(=O)(=O)Cc2ccccc2Cl)no1. The van der Waals surface area contributed by atoms with Gasteiger partial charge in [-0.2, -0.15) is 0 Å². The van der Waals surface area contributed by atoms with Crippen LogP contribution >= 0.6 is 11.6 Å². The van der Waals surface area contributed by atoms with Crippen LogP contribution in [0.4, 0.5) is 0 Å². The molecule has 0 bridgehead atoms. The Bertz CT molecular complexity index is 649. The molecule has 0 saturated heterocycles. The molecule has 0 N–H and O–H groups in total. The van der Waals surface area contributed by atoms with Gasteiger partial charge < -0.3 is 4.52 Å². The lowest BCUT2D eigenvalue weighted by Crippen LogP contribution is -2.08. The Morgan fingerprint density at radius 3 is 2.61 bits per heavy atom. The van der Waals surface area contributed by atoms with Crippen molar-refractivity contribution in [3.8, 4) is 0 Å². The number of benzene rings is 1. The molecule has 0 amide bonds.